The number of nitrogens with zero attached hydrogens (tertiary/aromatic N) is 2. The maximum atomic E-state index is 6.23. The summed E-state index contributed by atoms with van der Waals surface area (Å²) >= 11 is 5.95. The van der Waals surface area contributed by atoms with Crippen LogP contribution in [0.4, 0.5) is 17.5 Å². The second kappa shape index (κ2) is 10.3. The van der Waals surface area contributed by atoms with Crippen molar-refractivity contribution in [3.8, 4) is 11.1 Å². The monoisotopic (exact) mass is 459 g/mol. The molecule has 0 amide bonds. The fourth-order valence-electron chi connectivity index (χ4n) is 3.59. The number of hydrogen-bond donors (Lipinski definition) is 3. The molecule has 0 spiro atoms. The lowest BCUT2D eigenvalue weighted by atomic mass is 10.0. The van der Waals surface area contributed by atoms with E-state index in [4.69, 9.17) is 27.8 Å². The highest BCUT2D eigenvalue weighted by Crippen LogP contribution is 2.30. The Morgan fingerprint density at radius 2 is 1.64 bits per heavy atom. The van der Waals surface area contributed by atoms with Gasteiger partial charge in [0.25, 0.3) is 0 Å². The summed E-state index contributed by atoms with van der Waals surface area (Å²) in [6, 6.07) is 23.9. The standard InChI is InChI=1S/C26H26ClN5O/c1-17-3-2-4-19(13-17)15-33-16-23-24(25(28)32-26(29)31-23)20-7-11-22(12-8-20)30-14-18-5-9-21(27)10-6-18/h2-13,30H,14-16H2,1H3,(H4,28,29,31,32). The lowest BCUT2D eigenvalue weighted by Gasteiger charge is -2.14. The van der Waals surface area contributed by atoms with E-state index in [1.54, 1.807) is 0 Å². The maximum absolute atomic E-state index is 6.23. The zero-order valence-corrected chi connectivity index (χ0v) is 19.1. The van der Waals surface area contributed by atoms with Crippen molar-refractivity contribution in [2.24, 2.45) is 0 Å². The summed E-state index contributed by atoms with van der Waals surface area (Å²) in [5.74, 6) is 0.463. The molecule has 33 heavy (non-hydrogen) atoms. The van der Waals surface area contributed by atoms with Crippen LogP contribution in [0.2, 0.25) is 5.02 Å². The molecule has 0 bridgehead atoms. The first-order chi connectivity index (χ1) is 16.0. The van der Waals surface area contributed by atoms with E-state index in [1.807, 2.05) is 60.7 Å². The molecule has 0 aliphatic heterocycles. The lowest BCUT2D eigenvalue weighted by molar-refractivity contribution is 0.105. The van der Waals surface area contributed by atoms with Gasteiger partial charge in [-0.25, -0.2) is 4.98 Å². The van der Waals surface area contributed by atoms with E-state index < -0.39 is 0 Å². The number of nitrogen functional groups attached to an aromatic ring is 2. The van der Waals surface area contributed by atoms with Gasteiger partial charge < -0.3 is 21.5 Å². The van der Waals surface area contributed by atoms with Gasteiger partial charge in [0.2, 0.25) is 5.95 Å². The zero-order valence-electron chi connectivity index (χ0n) is 18.4. The van der Waals surface area contributed by atoms with Gasteiger partial charge in [0, 0.05) is 22.8 Å². The second-order valence-electron chi connectivity index (χ2n) is 7.83. The number of aromatic nitrogens is 2. The van der Waals surface area contributed by atoms with Crippen LogP contribution in [-0.4, -0.2) is 9.97 Å². The van der Waals surface area contributed by atoms with Crippen LogP contribution < -0.4 is 16.8 Å². The molecular weight excluding hydrogens is 434 g/mol. The third-order valence-electron chi connectivity index (χ3n) is 5.20. The van der Waals surface area contributed by atoms with E-state index in [-0.39, 0.29) is 12.6 Å². The van der Waals surface area contributed by atoms with Gasteiger partial charge in [-0.05, 0) is 47.9 Å². The van der Waals surface area contributed by atoms with Crippen LogP contribution in [0.15, 0.2) is 72.8 Å². The molecule has 0 saturated heterocycles. The zero-order chi connectivity index (χ0) is 23.2. The fraction of sp³-hybridized carbons (Fsp3) is 0.154. The first-order valence-corrected chi connectivity index (χ1v) is 11.0. The predicted molar refractivity (Wildman–Crippen MR) is 135 cm³/mol. The number of nitrogens with one attached hydrogen (secondary N) is 1. The average Bonchev–Trinajstić information content (AvgIpc) is 2.79. The molecule has 0 atom stereocenters. The van der Waals surface area contributed by atoms with E-state index in [9.17, 15) is 0 Å². The largest absolute Gasteiger partial charge is 0.383 e. The SMILES string of the molecule is Cc1cccc(COCc2nc(N)nc(N)c2-c2ccc(NCc3ccc(Cl)cc3)cc2)c1. The quantitative estimate of drug-likeness (QED) is 0.317. The Morgan fingerprint density at radius 1 is 0.879 bits per heavy atom. The van der Waals surface area contributed by atoms with Gasteiger partial charge in [-0.2, -0.15) is 4.98 Å². The highest BCUT2D eigenvalue weighted by atomic mass is 35.5. The van der Waals surface area contributed by atoms with Crippen molar-refractivity contribution in [3.63, 3.8) is 0 Å². The van der Waals surface area contributed by atoms with Crippen LogP contribution in [0.1, 0.15) is 22.4 Å². The van der Waals surface area contributed by atoms with Gasteiger partial charge in [-0.15, -0.1) is 0 Å². The summed E-state index contributed by atoms with van der Waals surface area (Å²) < 4.78 is 5.93. The molecule has 0 unspecified atom stereocenters. The fourth-order valence-corrected chi connectivity index (χ4v) is 3.72. The number of aryl methyl sites for hydroxylation is 1. The third-order valence-corrected chi connectivity index (χ3v) is 5.45. The summed E-state index contributed by atoms with van der Waals surface area (Å²) in [5.41, 5.74) is 18.8. The number of ether oxygens (including phenoxy) is 1. The minimum absolute atomic E-state index is 0.131. The molecule has 1 aromatic heterocycles. The van der Waals surface area contributed by atoms with Crippen LogP contribution in [-0.2, 0) is 24.5 Å². The first kappa shape index (κ1) is 22.6. The Kier molecular flexibility index (Phi) is 7.07. The molecular formula is C26H26ClN5O. The van der Waals surface area contributed by atoms with E-state index in [1.165, 1.54) is 5.56 Å². The Labute approximate surface area is 198 Å². The van der Waals surface area contributed by atoms with Crippen molar-refractivity contribution in [1.29, 1.82) is 0 Å². The molecule has 0 radical (unpaired) electrons. The maximum Gasteiger partial charge on any atom is 0.222 e. The van der Waals surface area contributed by atoms with Crippen molar-refractivity contribution in [2.75, 3.05) is 16.8 Å². The third kappa shape index (κ3) is 6.00. The molecule has 5 N–H and O–H groups in total. The minimum atomic E-state index is 0.131. The van der Waals surface area contributed by atoms with Gasteiger partial charge >= 0.3 is 0 Å². The molecule has 168 valence electrons. The first-order valence-electron chi connectivity index (χ1n) is 10.6. The summed E-state index contributed by atoms with van der Waals surface area (Å²) in [6.45, 7) is 3.50. The number of anilines is 3. The number of rotatable bonds is 8. The molecule has 0 saturated carbocycles. The lowest BCUT2D eigenvalue weighted by Crippen LogP contribution is -2.08. The predicted octanol–water partition coefficient (Wildman–Crippen LogP) is 5.60. The summed E-state index contributed by atoms with van der Waals surface area (Å²) in [5, 5.41) is 4.13. The van der Waals surface area contributed by atoms with E-state index in [2.05, 4.69) is 34.3 Å². The number of nitrogens with two attached hydrogens (primary N) is 2. The molecule has 0 fully saturated rings. The van der Waals surface area contributed by atoms with Crippen molar-refractivity contribution < 1.29 is 4.74 Å². The minimum Gasteiger partial charge on any atom is -0.383 e. The molecule has 4 aromatic rings. The van der Waals surface area contributed by atoms with Gasteiger partial charge in [0.05, 0.1) is 18.9 Å². The highest BCUT2D eigenvalue weighted by molar-refractivity contribution is 6.30. The van der Waals surface area contributed by atoms with Crippen LogP contribution in [0.5, 0.6) is 0 Å². The van der Waals surface area contributed by atoms with Crippen molar-refractivity contribution >= 4 is 29.1 Å². The number of hydrogen-bond acceptors (Lipinski definition) is 6. The van der Waals surface area contributed by atoms with Gasteiger partial charge in [0.15, 0.2) is 0 Å². The normalized spacial score (nSPS) is 10.8. The van der Waals surface area contributed by atoms with Gasteiger partial charge in [0.1, 0.15) is 5.82 Å². The summed E-state index contributed by atoms with van der Waals surface area (Å²) in [7, 11) is 0. The molecule has 1 heterocycles. The topological polar surface area (TPSA) is 99.1 Å². The Hall–Kier alpha value is -3.61. The van der Waals surface area contributed by atoms with Crippen molar-refractivity contribution in [1.82, 2.24) is 9.97 Å². The summed E-state index contributed by atoms with van der Waals surface area (Å²) in [6.07, 6.45) is 0. The molecule has 6 nitrogen and oxygen atoms in total. The molecule has 7 heteroatoms. The average molecular weight is 460 g/mol. The van der Waals surface area contributed by atoms with Crippen molar-refractivity contribution in [3.05, 3.63) is 100 Å². The smallest absolute Gasteiger partial charge is 0.222 e. The van der Waals surface area contributed by atoms with Crippen LogP contribution in [0.3, 0.4) is 0 Å². The number of halogens is 1. The van der Waals surface area contributed by atoms with E-state index in [0.717, 1.165) is 33.0 Å². The van der Waals surface area contributed by atoms with Gasteiger partial charge in [-0.3, -0.25) is 0 Å². The van der Waals surface area contributed by atoms with Crippen LogP contribution in [0, 0.1) is 6.92 Å². The molecule has 4 rings (SSSR count). The Morgan fingerprint density at radius 3 is 2.36 bits per heavy atom. The Bertz CT molecular complexity index is 1230. The van der Waals surface area contributed by atoms with Crippen LogP contribution >= 0.6 is 11.6 Å². The van der Waals surface area contributed by atoms with Crippen molar-refractivity contribution in [2.45, 2.75) is 26.7 Å². The highest BCUT2D eigenvalue weighted by Gasteiger charge is 2.14. The van der Waals surface area contributed by atoms with Crippen LogP contribution in [0.25, 0.3) is 11.1 Å². The molecule has 0 aliphatic rings. The summed E-state index contributed by atoms with van der Waals surface area (Å²) in [4.78, 5) is 8.56. The second-order valence-corrected chi connectivity index (χ2v) is 8.26. The van der Waals surface area contributed by atoms with E-state index in [0.29, 0.717) is 24.7 Å². The van der Waals surface area contributed by atoms with Gasteiger partial charge in [-0.1, -0.05) is 65.7 Å². The molecule has 3 aromatic carbocycles. The van der Waals surface area contributed by atoms with E-state index >= 15 is 0 Å². The molecule has 0 aliphatic carbocycles. The number of benzene rings is 3. The Balaban J connectivity index is 1.47.